The first kappa shape index (κ1) is 9.81. The monoisotopic (exact) mass is 227 g/mol. The van der Waals surface area contributed by atoms with E-state index in [2.05, 4.69) is 4.98 Å². The Balaban J connectivity index is 1.46. The Morgan fingerprint density at radius 2 is 1.82 bits per heavy atom. The Labute approximate surface area is 101 Å². The van der Waals surface area contributed by atoms with Crippen LogP contribution < -0.4 is 0 Å². The average Bonchev–Trinajstić information content (AvgIpc) is 2.80. The number of hydrogen-bond donors (Lipinski definition) is 0. The van der Waals surface area contributed by atoms with Crippen LogP contribution in [0.1, 0.15) is 24.8 Å². The van der Waals surface area contributed by atoms with Gasteiger partial charge < -0.3 is 0 Å². The van der Waals surface area contributed by atoms with E-state index in [0.717, 1.165) is 29.2 Å². The Morgan fingerprint density at radius 3 is 2.47 bits per heavy atom. The van der Waals surface area contributed by atoms with Crippen LogP contribution >= 0.6 is 0 Å². The molecule has 88 valence electrons. The molecule has 4 rings (SSSR count). The van der Waals surface area contributed by atoms with Gasteiger partial charge in [-0.15, -0.1) is 0 Å². The van der Waals surface area contributed by atoms with Crippen LogP contribution in [0, 0.1) is 29.6 Å². The maximum Gasteiger partial charge on any atom is 0.140 e. The Bertz CT molecular complexity index is 439. The molecule has 0 saturated heterocycles. The van der Waals surface area contributed by atoms with Crippen molar-refractivity contribution in [2.75, 3.05) is 0 Å². The van der Waals surface area contributed by atoms with Crippen LogP contribution in [0.2, 0.25) is 0 Å². The molecule has 0 radical (unpaired) electrons. The number of fused-ring (bicyclic) bond motifs is 5. The molecule has 17 heavy (non-hydrogen) atoms. The molecule has 3 fully saturated rings. The summed E-state index contributed by atoms with van der Waals surface area (Å²) in [6.07, 6.45) is 8.39. The lowest BCUT2D eigenvalue weighted by atomic mass is 9.97. The van der Waals surface area contributed by atoms with E-state index in [1.54, 1.807) is 12.4 Å². The van der Waals surface area contributed by atoms with Crippen LogP contribution in [-0.2, 0) is 11.2 Å². The standard InChI is InChI=1S/C15H17NO/c17-12(7-9-3-5-16-6-4-9)15-13-10-1-2-11(8-10)14(13)15/h3-6,10-11,13-15H,1-2,7-8H2. The van der Waals surface area contributed by atoms with Gasteiger partial charge in [-0.3, -0.25) is 9.78 Å². The Kier molecular flexibility index (Phi) is 1.97. The fourth-order valence-corrected chi connectivity index (χ4v) is 4.57. The number of carbonyl (C=O) groups is 1. The van der Waals surface area contributed by atoms with E-state index < -0.39 is 0 Å². The molecular formula is C15H17NO. The topological polar surface area (TPSA) is 30.0 Å². The molecule has 4 unspecified atom stereocenters. The van der Waals surface area contributed by atoms with Gasteiger partial charge in [0.1, 0.15) is 5.78 Å². The molecule has 0 amide bonds. The van der Waals surface area contributed by atoms with Gasteiger partial charge in [0.05, 0.1) is 0 Å². The zero-order chi connectivity index (χ0) is 11.4. The maximum atomic E-state index is 12.3. The third-order valence-corrected chi connectivity index (χ3v) is 5.23. The molecule has 2 nitrogen and oxygen atoms in total. The van der Waals surface area contributed by atoms with Gasteiger partial charge in [-0.25, -0.2) is 0 Å². The van der Waals surface area contributed by atoms with Crippen molar-refractivity contribution < 1.29 is 4.79 Å². The molecule has 2 heteroatoms. The van der Waals surface area contributed by atoms with Crippen LogP contribution in [0.25, 0.3) is 0 Å². The minimum Gasteiger partial charge on any atom is -0.299 e. The number of carbonyl (C=O) groups excluding carboxylic acids is 1. The third-order valence-electron chi connectivity index (χ3n) is 5.23. The van der Waals surface area contributed by atoms with E-state index >= 15 is 0 Å². The van der Waals surface area contributed by atoms with Crippen LogP contribution in [0.4, 0.5) is 0 Å². The van der Waals surface area contributed by atoms with Crippen molar-refractivity contribution in [1.82, 2.24) is 4.98 Å². The molecular weight excluding hydrogens is 210 g/mol. The molecule has 2 bridgehead atoms. The maximum absolute atomic E-state index is 12.3. The van der Waals surface area contributed by atoms with Gasteiger partial charge in [-0.1, -0.05) is 0 Å². The molecule has 0 aromatic carbocycles. The van der Waals surface area contributed by atoms with Crippen LogP contribution in [0.5, 0.6) is 0 Å². The normalized spacial score (nSPS) is 41.3. The van der Waals surface area contributed by atoms with Crippen molar-refractivity contribution in [1.29, 1.82) is 0 Å². The number of nitrogens with zero attached hydrogens (tertiary/aromatic N) is 1. The molecule has 0 aliphatic heterocycles. The fraction of sp³-hybridized carbons (Fsp3) is 0.600. The Hall–Kier alpha value is -1.18. The van der Waals surface area contributed by atoms with Crippen molar-refractivity contribution in [3.8, 4) is 0 Å². The van der Waals surface area contributed by atoms with E-state index in [0.29, 0.717) is 18.1 Å². The molecule has 1 aromatic rings. The second-order valence-corrected chi connectivity index (χ2v) is 6.01. The number of aromatic nitrogens is 1. The lowest BCUT2D eigenvalue weighted by Gasteiger charge is -2.07. The summed E-state index contributed by atoms with van der Waals surface area (Å²) >= 11 is 0. The summed E-state index contributed by atoms with van der Waals surface area (Å²) in [5.41, 5.74) is 1.13. The van der Waals surface area contributed by atoms with E-state index in [-0.39, 0.29) is 0 Å². The number of ketones is 1. The van der Waals surface area contributed by atoms with E-state index in [1.165, 1.54) is 19.3 Å². The summed E-state index contributed by atoms with van der Waals surface area (Å²) in [6.45, 7) is 0. The third kappa shape index (κ3) is 1.39. The van der Waals surface area contributed by atoms with E-state index in [4.69, 9.17) is 0 Å². The van der Waals surface area contributed by atoms with E-state index in [1.807, 2.05) is 12.1 Å². The van der Waals surface area contributed by atoms with Gasteiger partial charge in [0.15, 0.2) is 0 Å². The molecule has 3 aliphatic rings. The minimum absolute atomic E-state index is 0.425. The van der Waals surface area contributed by atoms with E-state index in [9.17, 15) is 4.79 Å². The highest BCUT2D eigenvalue weighted by Crippen LogP contribution is 2.69. The van der Waals surface area contributed by atoms with Crippen LogP contribution in [0.15, 0.2) is 24.5 Å². The van der Waals surface area contributed by atoms with Crippen LogP contribution in [0.3, 0.4) is 0 Å². The first-order valence-corrected chi connectivity index (χ1v) is 6.76. The molecule has 1 heterocycles. The summed E-state index contributed by atoms with van der Waals surface area (Å²) < 4.78 is 0. The highest BCUT2D eigenvalue weighted by molar-refractivity contribution is 5.86. The second kappa shape index (κ2) is 3.41. The molecule has 0 spiro atoms. The molecule has 3 aliphatic carbocycles. The largest absolute Gasteiger partial charge is 0.299 e. The summed E-state index contributed by atoms with van der Waals surface area (Å²) in [7, 11) is 0. The lowest BCUT2D eigenvalue weighted by molar-refractivity contribution is -0.120. The van der Waals surface area contributed by atoms with Gasteiger partial charge in [-0.2, -0.15) is 0 Å². The van der Waals surface area contributed by atoms with Gasteiger partial charge in [-0.05, 0) is 60.6 Å². The summed E-state index contributed by atoms with van der Waals surface area (Å²) in [5.74, 6) is 4.27. The number of hydrogen-bond acceptors (Lipinski definition) is 2. The first-order valence-electron chi connectivity index (χ1n) is 6.76. The van der Waals surface area contributed by atoms with Gasteiger partial charge in [0, 0.05) is 24.7 Å². The fourth-order valence-electron chi connectivity index (χ4n) is 4.57. The average molecular weight is 227 g/mol. The summed E-state index contributed by atoms with van der Waals surface area (Å²) in [6, 6.07) is 3.93. The predicted molar refractivity (Wildman–Crippen MR) is 64.2 cm³/mol. The predicted octanol–water partition coefficient (Wildman–Crippen LogP) is 2.49. The molecule has 0 N–H and O–H groups in total. The quantitative estimate of drug-likeness (QED) is 0.794. The van der Waals surface area contributed by atoms with Crippen LogP contribution in [-0.4, -0.2) is 10.8 Å². The summed E-state index contributed by atoms with van der Waals surface area (Å²) in [5, 5.41) is 0. The zero-order valence-corrected chi connectivity index (χ0v) is 9.88. The van der Waals surface area contributed by atoms with Crippen molar-refractivity contribution >= 4 is 5.78 Å². The van der Waals surface area contributed by atoms with Crippen molar-refractivity contribution in [3.05, 3.63) is 30.1 Å². The number of rotatable bonds is 3. The van der Waals surface area contributed by atoms with Crippen molar-refractivity contribution in [3.63, 3.8) is 0 Å². The number of pyridine rings is 1. The summed E-state index contributed by atoms with van der Waals surface area (Å²) in [4.78, 5) is 16.3. The zero-order valence-electron chi connectivity index (χ0n) is 9.88. The van der Waals surface area contributed by atoms with Crippen molar-refractivity contribution in [2.45, 2.75) is 25.7 Å². The number of Topliss-reactive ketones (excluding diaryl/α,β-unsaturated/α-hetero) is 1. The molecule has 1 aromatic heterocycles. The highest BCUT2D eigenvalue weighted by atomic mass is 16.1. The highest BCUT2D eigenvalue weighted by Gasteiger charge is 2.66. The minimum atomic E-state index is 0.425. The first-order chi connectivity index (χ1) is 8.34. The lowest BCUT2D eigenvalue weighted by Crippen LogP contribution is -2.12. The van der Waals surface area contributed by atoms with Crippen molar-refractivity contribution in [2.24, 2.45) is 29.6 Å². The molecule has 3 saturated carbocycles. The SMILES string of the molecule is O=C(Cc1ccncc1)C1C2C3CCC(C3)C12. The van der Waals surface area contributed by atoms with Gasteiger partial charge in [0.25, 0.3) is 0 Å². The van der Waals surface area contributed by atoms with Gasteiger partial charge in [0.2, 0.25) is 0 Å². The smallest absolute Gasteiger partial charge is 0.140 e. The second-order valence-electron chi connectivity index (χ2n) is 6.01. The molecule has 4 atom stereocenters. The van der Waals surface area contributed by atoms with Gasteiger partial charge >= 0.3 is 0 Å². The Morgan fingerprint density at radius 1 is 1.18 bits per heavy atom.